The first-order valence-electron chi connectivity index (χ1n) is 16.2. The number of hydrogen-bond donors (Lipinski definition) is 2. The molecule has 242 valence electrons. The van der Waals surface area contributed by atoms with Crippen molar-refractivity contribution in [3.05, 3.63) is 12.2 Å². The molecule has 0 fully saturated rings. The molecule has 0 aliphatic rings. The van der Waals surface area contributed by atoms with Crippen LogP contribution in [0, 0.1) is 0 Å². The van der Waals surface area contributed by atoms with Crippen LogP contribution in [0.15, 0.2) is 12.2 Å². The summed E-state index contributed by atoms with van der Waals surface area (Å²) in [5, 5.41) is 0. The van der Waals surface area contributed by atoms with Gasteiger partial charge in [-0.3, -0.25) is 18.6 Å². The molecule has 0 heterocycles. The molecule has 0 aromatic heterocycles. The highest BCUT2D eigenvalue weighted by molar-refractivity contribution is 7.47. The molecule has 2 unspecified atom stereocenters. The number of unbranched alkanes of at least 4 members (excludes halogenated alkanes) is 15. The SMILES string of the molecule is CCC/C=C\CCCCCCCC(=O)OC(COC(=O)CCCCCCCCCCCC)COP(=O)(O)OCCN. The Morgan fingerprint density at radius 1 is 0.707 bits per heavy atom. The fourth-order valence-electron chi connectivity index (χ4n) is 4.22. The first-order valence-corrected chi connectivity index (χ1v) is 17.7. The third-order valence-corrected chi connectivity index (χ3v) is 7.62. The van der Waals surface area contributed by atoms with Crippen LogP contribution in [0.4, 0.5) is 0 Å². The second-order valence-electron chi connectivity index (χ2n) is 10.7. The normalized spacial score (nSPS) is 13.8. The lowest BCUT2D eigenvalue weighted by atomic mass is 10.1. The summed E-state index contributed by atoms with van der Waals surface area (Å²) in [6, 6.07) is 0. The lowest BCUT2D eigenvalue weighted by Crippen LogP contribution is -2.29. The van der Waals surface area contributed by atoms with Gasteiger partial charge in [0.15, 0.2) is 6.10 Å². The molecule has 10 heteroatoms. The van der Waals surface area contributed by atoms with E-state index in [1.807, 2.05) is 0 Å². The minimum absolute atomic E-state index is 0.0540. The van der Waals surface area contributed by atoms with Gasteiger partial charge >= 0.3 is 19.8 Å². The monoisotopic (exact) mass is 605 g/mol. The van der Waals surface area contributed by atoms with E-state index in [0.717, 1.165) is 57.8 Å². The van der Waals surface area contributed by atoms with Crippen LogP contribution in [-0.2, 0) is 32.7 Å². The van der Waals surface area contributed by atoms with E-state index in [0.29, 0.717) is 6.42 Å². The van der Waals surface area contributed by atoms with Crippen LogP contribution in [-0.4, -0.2) is 49.3 Å². The molecule has 0 spiro atoms. The van der Waals surface area contributed by atoms with E-state index in [4.69, 9.17) is 24.3 Å². The number of allylic oxidation sites excluding steroid dienone is 2. The third-order valence-electron chi connectivity index (χ3n) is 6.63. The van der Waals surface area contributed by atoms with Gasteiger partial charge in [0.2, 0.25) is 0 Å². The lowest BCUT2D eigenvalue weighted by molar-refractivity contribution is -0.161. The topological polar surface area (TPSA) is 134 Å². The quantitative estimate of drug-likeness (QED) is 0.0362. The van der Waals surface area contributed by atoms with Gasteiger partial charge in [-0.2, -0.15) is 0 Å². The highest BCUT2D eigenvalue weighted by Gasteiger charge is 2.25. The Morgan fingerprint density at radius 3 is 1.83 bits per heavy atom. The maximum atomic E-state index is 12.4. The van der Waals surface area contributed by atoms with Gasteiger partial charge in [0, 0.05) is 19.4 Å². The number of carbonyl (C=O) groups excluding carboxylic acids is 2. The van der Waals surface area contributed by atoms with Crippen molar-refractivity contribution in [2.75, 3.05) is 26.4 Å². The number of phosphoric ester groups is 1. The standard InChI is InChI=1S/C31H60NO8P/c1-3-5-7-9-11-13-15-17-19-21-23-30(33)37-27-29(28-39-41(35,36)38-26-25-32)40-31(34)24-22-20-18-16-14-12-10-8-6-4-2/h8,10,29H,3-7,9,11-28,32H2,1-2H3,(H,35,36)/b10-8-. The summed E-state index contributed by atoms with van der Waals surface area (Å²) in [5.74, 6) is -0.843. The number of esters is 2. The van der Waals surface area contributed by atoms with Crippen molar-refractivity contribution in [1.82, 2.24) is 0 Å². The fourth-order valence-corrected chi connectivity index (χ4v) is 4.99. The summed E-state index contributed by atoms with van der Waals surface area (Å²) in [7, 11) is -4.36. The predicted molar refractivity (Wildman–Crippen MR) is 164 cm³/mol. The Bertz CT molecular complexity index is 704. The van der Waals surface area contributed by atoms with Crippen molar-refractivity contribution >= 4 is 19.8 Å². The van der Waals surface area contributed by atoms with E-state index in [1.165, 1.54) is 51.4 Å². The second kappa shape index (κ2) is 28.9. The van der Waals surface area contributed by atoms with Crippen LogP contribution < -0.4 is 5.73 Å². The van der Waals surface area contributed by atoms with Gasteiger partial charge in [-0.15, -0.1) is 0 Å². The van der Waals surface area contributed by atoms with Crippen molar-refractivity contribution in [3.63, 3.8) is 0 Å². The number of phosphoric acid groups is 1. The summed E-state index contributed by atoms with van der Waals surface area (Å²) >= 11 is 0. The van der Waals surface area contributed by atoms with E-state index in [9.17, 15) is 19.0 Å². The van der Waals surface area contributed by atoms with Gasteiger partial charge < -0.3 is 20.1 Å². The zero-order valence-corrected chi connectivity index (χ0v) is 26.9. The molecule has 0 amide bonds. The molecule has 41 heavy (non-hydrogen) atoms. The van der Waals surface area contributed by atoms with Crippen molar-refractivity contribution in [3.8, 4) is 0 Å². The Balaban J connectivity index is 4.32. The van der Waals surface area contributed by atoms with Crippen LogP contribution >= 0.6 is 7.82 Å². The maximum Gasteiger partial charge on any atom is 0.472 e. The average molecular weight is 606 g/mol. The summed E-state index contributed by atoms with van der Waals surface area (Å²) in [6.07, 6.45) is 24.0. The number of ether oxygens (including phenoxy) is 2. The summed E-state index contributed by atoms with van der Waals surface area (Å²) < 4.78 is 32.4. The van der Waals surface area contributed by atoms with Crippen LogP contribution in [0.1, 0.15) is 142 Å². The second-order valence-corrected chi connectivity index (χ2v) is 12.1. The number of rotatable bonds is 30. The molecule has 0 aliphatic carbocycles. The summed E-state index contributed by atoms with van der Waals surface area (Å²) in [4.78, 5) is 34.4. The lowest BCUT2D eigenvalue weighted by Gasteiger charge is -2.19. The summed E-state index contributed by atoms with van der Waals surface area (Å²) in [6.45, 7) is 3.61. The highest BCUT2D eigenvalue weighted by Crippen LogP contribution is 2.43. The minimum atomic E-state index is -4.36. The molecule has 0 bridgehead atoms. The Kier molecular flexibility index (Phi) is 28.0. The van der Waals surface area contributed by atoms with Crippen LogP contribution in [0.5, 0.6) is 0 Å². The van der Waals surface area contributed by atoms with E-state index in [-0.39, 0.29) is 38.6 Å². The fraction of sp³-hybridized carbons (Fsp3) is 0.871. The van der Waals surface area contributed by atoms with Gasteiger partial charge in [0.25, 0.3) is 0 Å². The van der Waals surface area contributed by atoms with Crippen LogP contribution in [0.2, 0.25) is 0 Å². The molecule has 0 rings (SSSR count). The third kappa shape index (κ3) is 28.6. The molecular formula is C31H60NO8P. The zero-order chi connectivity index (χ0) is 30.4. The van der Waals surface area contributed by atoms with Crippen molar-refractivity contribution in [2.24, 2.45) is 5.73 Å². The van der Waals surface area contributed by atoms with Gasteiger partial charge in [0.05, 0.1) is 13.2 Å². The molecule has 0 aromatic rings. The average Bonchev–Trinajstić information content (AvgIpc) is 2.95. The number of nitrogens with two attached hydrogens (primary N) is 1. The highest BCUT2D eigenvalue weighted by atomic mass is 31.2. The molecule has 2 atom stereocenters. The van der Waals surface area contributed by atoms with E-state index in [1.54, 1.807) is 0 Å². The van der Waals surface area contributed by atoms with Crippen molar-refractivity contribution in [1.29, 1.82) is 0 Å². The Labute approximate surface area is 249 Å². The molecule has 0 aromatic carbocycles. The van der Waals surface area contributed by atoms with Crippen LogP contribution in [0.3, 0.4) is 0 Å². The Morgan fingerprint density at radius 2 is 1.24 bits per heavy atom. The van der Waals surface area contributed by atoms with E-state index in [2.05, 4.69) is 26.0 Å². The largest absolute Gasteiger partial charge is 0.472 e. The first-order chi connectivity index (χ1) is 19.8. The zero-order valence-electron chi connectivity index (χ0n) is 26.0. The van der Waals surface area contributed by atoms with Crippen molar-refractivity contribution < 1.29 is 37.6 Å². The summed E-state index contributed by atoms with van der Waals surface area (Å²) in [5.41, 5.74) is 5.30. The molecule has 0 saturated carbocycles. The van der Waals surface area contributed by atoms with Gasteiger partial charge in [-0.1, -0.05) is 109 Å². The molecule has 0 radical (unpaired) electrons. The van der Waals surface area contributed by atoms with Gasteiger partial charge in [0.1, 0.15) is 6.61 Å². The van der Waals surface area contributed by atoms with E-state index >= 15 is 0 Å². The number of carbonyl (C=O) groups is 2. The molecule has 0 saturated heterocycles. The van der Waals surface area contributed by atoms with Crippen LogP contribution in [0.25, 0.3) is 0 Å². The van der Waals surface area contributed by atoms with Gasteiger partial charge in [-0.05, 0) is 32.1 Å². The predicted octanol–water partition coefficient (Wildman–Crippen LogP) is 7.93. The maximum absolute atomic E-state index is 12.4. The molecule has 0 aliphatic heterocycles. The molecule has 3 N–H and O–H groups in total. The van der Waals surface area contributed by atoms with E-state index < -0.39 is 26.5 Å². The first kappa shape index (κ1) is 39.8. The molecule has 9 nitrogen and oxygen atoms in total. The van der Waals surface area contributed by atoms with Gasteiger partial charge in [-0.25, -0.2) is 4.57 Å². The smallest absolute Gasteiger partial charge is 0.462 e. The number of hydrogen-bond acceptors (Lipinski definition) is 8. The van der Waals surface area contributed by atoms with Crippen molar-refractivity contribution in [2.45, 2.75) is 148 Å². The Hall–Kier alpha value is -1.25. The minimum Gasteiger partial charge on any atom is -0.462 e. The molecular weight excluding hydrogens is 545 g/mol.